The normalized spacial score (nSPS) is 18.9. The molecule has 0 spiro atoms. The van der Waals surface area contributed by atoms with E-state index >= 15 is 0 Å². The highest BCUT2D eigenvalue weighted by atomic mass is 16.5. The van der Waals surface area contributed by atoms with Gasteiger partial charge in [0, 0.05) is 51.1 Å². The summed E-state index contributed by atoms with van der Waals surface area (Å²) in [7, 11) is 0. The van der Waals surface area contributed by atoms with Crippen LogP contribution in [0.25, 0.3) is 0 Å². The molecule has 7 heteroatoms. The second-order valence-electron chi connectivity index (χ2n) is 6.88. The maximum atomic E-state index is 13.0. The van der Waals surface area contributed by atoms with Crippen LogP contribution in [-0.2, 0) is 9.47 Å². The fourth-order valence-corrected chi connectivity index (χ4v) is 3.52. The van der Waals surface area contributed by atoms with Crippen LogP contribution >= 0.6 is 0 Å². The molecule has 27 heavy (non-hydrogen) atoms. The Labute approximate surface area is 161 Å². The summed E-state index contributed by atoms with van der Waals surface area (Å²) in [5, 5.41) is 3.04. The summed E-state index contributed by atoms with van der Waals surface area (Å²) in [6, 6.07) is 7.71. The number of hydrogen-bond acceptors (Lipinski definition) is 5. The molecule has 2 aliphatic rings. The molecule has 0 bridgehead atoms. The van der Waals surface area contributed by atoms with E-state index in [-0.39, 0.29) is 12.1 Å². The monoisotopic (exact) mass is 377 g/mol. The Kier molecular flexibility index (Phi) is 7.74. The zero-order valence-corrected chi connectivity index (χ0v) is 16.2. The van der Waals surface area contributed by atoms with Gasteiger partial charge in [-0.05, 0) is 44.0 Å². The number of rotatable bonds is 7. The van der Waals surface area contributed by atoms with Crippen LogP contribution in [0.3, 0.4) is 0 Å². The summed E-state index contributed by atoms with van der Waals surface area (Å²) < 4.78 is 16.4. The van der Waals surface area contributed by atoms with Crippen LogP contribution in [0.2, 0.25) is 0 Å². The molecule has 2 amide bonds. The summed E-state index contributed by atoms with van der Waals surface area (Å²) in [4.78, 5) is 17.3. The van der Waals surface area contributed by atoms with Gasteiger partial charge in [0.2, 0.25) is 0 Å². The topological polar surface area (TPSA) is 63.3 Å². The van der Waals surface area contributed by atoms with Crippen molar-refractivity contribution in [3.63, 3.8) is 0 Å². The SMILES string of the molecule is CCOc1ccc(NC(=O)N(CCN2CCOCC2)C2CCOCC2)cc1. The molecule has 1 aromatic rings. The van der Waals surface area contributed by atoms with Crippen molar-refractivity contribution in [1.82, 2.24) is 9.80 Å². The molecule has 1 N–H and O–H groups in total. The van der Waals surface area contributed by atoms with Gasteiger partial charge in [0.05, 0.1) is 19.8 Å². The molecule has 2 saturated heterocycles. The second kappa shape index (κ2) is 10.5. The summed E-state index contributed by atoms with van der Waals surface area (Å²) in [5.41, 5.74) is 0.784. The molecule has 0 radical (unpaired) electrons. The Bertz CT molecular complexity index is 569. The number of nitrogens with one attached hydrogen (secondary N) is 1. The third-order valence-corrected chi connectivity index (χ3v) is 5.07. The number of ether oxygens (including phenoxy) is 3. The van der Waals surface area contributed by atoms with Crippen molar-refractivity contribution in [2.75, 3.05) is 64.5 Å². The number of urea groups is 1. The van der Waals surface area contributed by atoms with E-state index in [0.717, 1.165) is 70.3 Å². The van der Waals surface area contributed by atoms with Crippen LogP contribution in [0.15, 0.2) is 24.3 Å². The lowest BCUT2D eigenvalue weighted by atomic mass is 10.1. The van der Waals surface area contributed by atoms with Crippen LogP contribution in [-0.4, -0.2) is 81.1 Å². The molecule has 2 heterocycles. The Morgan fingerprint density at radius 2 is 1.81 bits per heavy atom. The van der Waals surface area contributed by atoms with Crippen LogP contribution in [0.4, 0.5) is 10.5 Å². The highest BCUT2D eigenvalue weighted by molar-refractivity contribution is 5.89. The minimum absolute atomic E-state index is 0.0423. The van der Waals surface area contributed by atoms with Gasteiger partial charge in [-0.3, -0.25) is 4.90 Å². The van der Waals surface area contributed by atoms with Gasteiger partial charge in [-0.25, -0.2) is 4.79 Å². The number of hydrogen-bond donors (Lipinski definition) is 1. The summed E-state index contributed by atoms with van der Waals surface area (Å²) in [6.45, 7) is 9.02. The Morgan fingerprint density at radius 1 is 1.15 bits per heavy atom. The minimum Gasteiger partial charge on any atom is -0.494 e. The third kappa shape index (κ3) is 6.09. The highest BCUT2D eigenvalue weighted by Gasteiger charge is 2.26. The maximum Gasteiger partial charge on any atom is 0.322 e. The van der Waals surface area contributed by atoms with Crippen molar-refractivity contribution >= 4 is 11.7 Å². The fraction of sp³-hybridized carbons (Fsp3) is 0.650. The number of nitrogens with zero attached hydrogens (tertiary/aromatic N) is 2. The molecular formula is C20H31N3O4. The average Bonchev–Trinajstić information content (AvgIpc) is 2.71. The molecule has 0 unspecified atom stereocenters. The smallest absolute Gasteiger partial charge is 0.322 e. The fourth-order valence-electron chi connectivity index (χ4n) is 3.52. The molecule has 150 valence electrons. The van der Waals surface area contributed by atoms with Gasteiger partial charge in [-0.15, -0.1) is 0 Å². The van der Waals surface area contributed by atoms with Crippen LogP contribution < -0.4 is 10.1 Å². The molecule has 0 aromatic heterocycles. The van der Waals surface area contributed by atoms with Gasteiger partial charge in [0.15, 0.2) is 0 Å². The molecule has 0 atom stereocenters. The molecule has 2 fully saturated rings. The second-order valence-corrected chi connectivity index (χ2v) is 6.88. The number of carbonyl (C=O) groups is 1. The lowest BCUT2D eigenvalue weighted by molar-refractivity contribution is 0.0238. The first-order valence-corrected chi connectivity index (χ1v) is 9.94. The van der Waals surface area contributed by atoms with Crippen LogP contribution in [0, 0.1) is 0 Å². The van der Waals surface area contributed by atoms with Gasteiger partial charge >= 0.3 is 6.03 Å². The van der Waals surface area contributed by atoms with Crippen molar-refractivity contribution in [3.8, 4) is 5.75 Å². The van der Waals surface area contributed by atoms with E-state index in [9.17, 15) is 4.79 Å². The highest BCUT2D eigenvalue weighted by Crippen LogP contribution is 2.19. The first-order valence-electron chi connectivity index (χ1n) is 9.94. The first kappa shape index (κ1) is 19.9. The lowest BCUT2D eigenvalue weighted by Gasteiger charge is -2.36. The number of amides is 2. The van der Waals surface area contributed by atoms with E-state index < -0.39 is 0 Å². The number of morpholine rings is 1. The molecule has 0 saturated carbocycles. The summed E-state index contributed by atoms with van der Waals surface area (Å²) in [5.74, 6) is 0.809. The van der Waals surface area contributed by atoms with Gasteiger partial charge in [-0.1, -0.05) is 0 Å². The van der Waals surface area contributed by atoms with Crippen molar-refractivity contribution < 1.29 is 19.0 Å². The van der Waals surface area contributed by atoms with Crippen molar-refractivity contribution in [1.29, 1.82) is 0 Å². The van der Waals surface area contributed by atoms with E-state index in [1.54, 1.807) is 0 Å². The predicted octanol–water partition coefficient (Wildman–Crippen LogP) is 2.43. The average molecular weight is 377 g/mol. The maximum absolute atomic E-state index is 13.0. The largest absolute Gasteiger partial charge is 0.494 e. The quantitative estimate of drug-likeness (QED) is 0.791. The Hall–Kier alpha value is -1.83. The molecule has 0 aliphatic carbocycles. The van der Waals surface area contributed by atoms with Gasteiger partial charge in [0.1, 0.15) is 5.75 Å². The van der Waals surface area contributed by atoms with E-state index in [2.05, 4.69) is 10.2 Å². The van der Waals surface area contributed by atoms with E-state index in [1.165, 1.54) is 0 Å². The zero-order chi connectivity index (χ0) is 18.9. The lowest BCUT2D eigenvalue weighted by Crippen LogP contribution is -2.49. The van der Waals surface area contributed by atoms with Crippen LogP contribution in [0.5, 0.6) is 5.75 Å². The van der Waals surface area contributed by atoms with Gasteiger partial charge in [-0.2, -0.15) is 0 Å². The van der Waals surface area contributed by atoms with Crippen molar-refractivity contribution in [3.05, 3.63) is 24.3 Å². The van der Waals surface area contributed by atoms with E-state index in [4.69, 9.17) is 14.2 Å². The van der Waals surface area contributed by atoms with E-state index in [1.807, 2.05) is 36.1 Å². The number of benzene rings is 1. The summed E-state index contributed by atoms with van der Waals surface area (Å²) in [6.07, 6.45) is 1.78. The minimum atomic E-state index is -0.0423. The first-order chi connectivity index (χ1) is 13.3. The molecule has 7 nitrogen and oxygen atoms in total. The number of carbonyl (C=O) groups excluding carboxylic acids is 1. The number of anilines is 1. The summed E-state index contributed by atoms with van der Waals surface area (Å²) >= 11 is 0. The Balaban J connectivity index is 1.60. The molecule has 3 rings (SSSR count). The van der Waals surface area contributed by atoms with Gasteiger partial charge in [0.25, 0.3) is 0 Å². The zero-order valence-electron chi connectivity index (χ0n) is 16.2. The molecule has 2 aliphatic heterocycles. The van der Waals surface area contributed by atoms with Crippen molar-refractivity contribution in [2.45, 2.75) is 25.8 Å². The standard InChI is InChI=1S/C20H31N3O4/c1-2-27-19-5-3-17(4-6-19)21-20(24)23(18-7-13-25-14-8-18)10-9-22-11-15-26-16-12-22/h3-6,18H,2,7-16H2,1H3,(H,21,24). The Morgan fingerprint density at radius 3 is 2.48 bits per heavy atom. The van der Waals surface area contributed by atoms with Gasteiger partial charge < -0.3 is 24.4 Å². The predicted molar refractivity (Wildman–Crippen MR) is 104 cm³/mol. The molecule has 1 aromatic carbocycles. The molecular weight excluding hydrogens is 346 g/mol. The van der Waals surface area contributed by atoms with E-state index in [0.29, 0.717) is 13.2 Å². The van der Waals surface area contributed by atoms with Crippen molar-refractivity contribution in [2.24, 2.45) is 0 Å². The van der Waals surface area contributed by atoms with Crippen LogP contribution in [0.1, 0.15) is 19.8 Å². The third-order valence-electron chi connectivity index (χ3n) is 5.07.